The summed E-state index contributed by atoms with van der Waals surface area (Å²) in [5.74, 6) is 0.0488. The monoisotopic (exact) mass is 304 g/mol. The summed E-state index contributed by atoms with van der Waals surface area (Å²) in [5, 5.41) is 9.48. The van der Waals surface area contributed by atoms with Gasteiger partial charge in [-0.05, 0) is 5.41 Å². The molecule has 0 amide bonds. The Bertz CT molecular complexity index is 517. The fourth-order valence-electron chi connectivity index (χ4n) is 2.42. The van der Waals surface area contributed by atoms with Crippen LogP contribution >= 0.6 is 0 Å². The van der Waals surface area contributed by atoms with Crippen molar-refractivity contribution in [1.82, 2.24) is 14.9 Å². The molecule has 2 heterocycles. The molecule has 120 valence electrons. The van der Waals surface area contributed by atoms with Crippen molar-refractivity contribution in [3.05, 3.63) is 30.7 Å². The van der Waals surface area contributed by atoms with Crippen LogP contribution in [0.25, 0.3) is 0 Å². The Hall–Kier alpha value is -1.95. The lowest BCUT2D eigenvalue weighted by Gasteiger charge is -2.37. The van der Waals surface area contributed by atoms with Crippen LogP contribution in [-0.4, -0.2) is 58.2 Å². The maximum Gasteiger partial charge on any atom is 0.324 e. The van der Waals surface area contributed by atoms with E-state index < -0.39 is 12.0 Å². The van der Waals surface area contributed by atoms with Gasteiger partial charge >= 0.3 is 5.97 Å². The second-order valence-corrected chi connectivity index (χ2v) is 6.59. The Balaban J connectivity index is 1.99. The van der Waals surface area contributed by atoms with Crippen molar-refractivity contribution in [3.63, 3.8) is 0 Å². The smallest absolute Gasteiger partial charge is 0.324 e. The van der Waals surface area contributed by atoms with Crippen LogP contribution in [-0.2, 0) is 4.79 Å². The second kappa shape index (κ2) is 6.87. The van der Waals surface area contributed by atoms with E-state index in [1.54, 1.807) is 24.7 Å². The molecule has 1 aromatic heterocycles. The number of allylic oxidation sites excluding steroid dienone is 1. The van der Waals surface area contributed by atoms with Crippen molar-refractivity contribution < 1.29 is 9.90 Å². The van der Waals surface area contributed by atoms with Crippen molar-refractivity contribution >= 4 is 11.8 Å². The van der Waals surface area contributed by atoms with Crippen LogP contribution in [0, 0.1) is 5.41 Å². The molecule has 2 rings (SSSR count). The Morgan fingerprint density at radius 2 is 1.95 bits per heavy atom. The Kier molecular flexibility index (Phi) is 5.13. The number of nitrogens with zero attached hydrogens (tertiary/aromatic N) is 4. The predicted octanol–water partition coefficient (Wildman–Crippen LogP) is 1.65. The number of aromatic nitrogens is 2. The van der Waals surface area contributed by atoms with Crippen LogP contribution in [0.15, 0.2) is 30.7 Å². The fourth-order valence-corrected chi connectivity index (χ4v) is 2.42. The molecule has 1 aliphatic rings. The molecule has 22 heavy (non-hydrogen) atoms. The Morgan fingerprint density at radius 3 is 2.45 bits per heavy atom. The van der Waals surface area contributed by atoms with Crippen LogP contribution in [0.5, 0.6) is 0 Å². The third-order valence-electron chi connectivity index (χ3n) is 3.61. The highest BCUT2D eigenvalue weighted by Crippen LogP contribution is 2.18. The molecule has 0 aromatic carbocycles. The molecule has 1 aliphatic heterocycles. The minimum atomic E-state index is -0.798. The molecule has 6 heteroatoms. The van der Waals surface area contributed by atoms with Crippen LogP contribution < -0.4 is 4.90 Å². The first kappa shape index (κ1) is 16.4. The molecule has 0 radical (unpaired) electrons. The van der Waals surface area contributed by atoms with Crippen molar-refractivity contribution in [2.24, 2.45) is 5.41 Å². The van der Waals surface area contributed by atoms with E-state index in [0.717, 1.165) is 18.9 Å². The summed E-state index contributed by atoms with van der Waals surface area (Å²) in [6.07, 6.45) is 8.84. The summed E-state index contributed by atoms with van der Waals surface area (Å²) in [6, 6.07) is -0.566. The lowest BCUT2D eigenvalue weighted by Crippen LogP contribution is -2.52. The molecule has 1 saturated heterocycles. The van der Waals surface area contributed by atoms with E-state index in [-0.39, 0.29) is 5.41 Å². The molecule has 1 aromatic rings. The van der Waals surface area contributed by atoms with Gasteiger partial charge in [-0.2, -0.15) is 0 Å². The van der Waals surface area contributed by atoms with Crippen LogP contribution in [0.1, 0.15) is 20.8 Å². The minimum absolute atomic E-state index is 0.0187. The number of carbonyl (C=O) groups is 1. The van der Waals surface area contributed by atoms with Crippen LogP contribution in [0.4, 0.5) is 5.82 Å². The normalized spacial score (nSPS) is 18.6. The number of piperazine rings is 1. The highest BCUT2D eigenvalue weighted by Gasteiger charge is 2.27. The number of carboxylic acids is 1. The molecule has 1 fully saturated rings. The number of hydrogen-bond donors (Lipinski definition) is 1. The van der Waals surface area contributed by atoms with E-state index >= 15 is 0 Å². The molecule has 0 spiro atoms. The van der Waals surface area contributed by atoms with Crippen LogP contribution in [0.3, 0.4) is 0 Å². The number of aliphatic carboxylic acids is 1. The van der Waals surface area contributed by atoms with Gasteiger partial charge < -0.3 is 10.0 Å². The van der Waals surface area contributed by atoms with E-state index in [1.807, 2.05) is 11.0 Å². The largest absolute Gasteiger partial charge is 0.480 e. The van der Waals surface area contributed by atoms with Gasteiger partial charge in [-0.1, -0.05) is 32.9 Å². The number of carboxylic acid groups (broad SMARTS) is 1. The van der Waals surface area contributed by atoms with E-state index in [9.17, 15) is 9.90 Å². The molecular weight excluding hydrogens is 280 g/mol. The Morgan fingerprint density at radius 1 is 1.27 bits per heavy atom. The number of rotatable bonds is 4. The first-order valence-electron chi connectivity index (χ1n) is 7.54. The summed E-state index contributed by atoms with van der Waals surface area (Å²) in [5.41, 5.74) is -0.0187. The molecule has 6 nitrogen and oxygen atoms in total. The van der Waals surface area contributed by atoms with Crippen molar-refractivity contribution in [2.45, 2.75) is 26.8 Å². The van der Waals surface area contributed by atoms with Gasteiger partial charge in [-0.15, -0.1) is 0 Å². The van der Waals surface area contributed by atoms with E-state index in [1.165, 1.54) is 0 Å². The fraction of sp³-hybridized carbons (Fsp3) is 0.562. The molecule has 1 N–H and O–H groups in total. The average Bonchev–Trinajstić information content (AvgIpc) is 2.47. The second-order valence-electron chi connectivity index (χ2n) is 6.59. The molecular formula is C16H24N4O2. The summed E-state index contributed by atoms with van der Waals surface area (Å²) >= 11 is 0. The summed E-state index contributed by atoms with van der Waals surface area (Å²) in [4.78, 5) is 24.0. The number of hydrogen-bond acceptors (Lipinski definition) is 5. The first-order chi connectivity index (χ1) is 10.4. The summed E-state index contributed by atoms with van der Waals surface area (Å²) in [7, 11) is 0. The third-order valence-corrected chi connectivity index (χ3v) is 3.61. The van der Waals surface area contributed by atoms with Crippen molar-refractivity contribution in [3.8, 4) is 0 Å². The zero-order chi connectivity index (χ0) is 16.2. The highest BCUT2D eigenvalue weighted by molar-refractivity contribution is 5.76. The van der Waals surface area contributed by atoms with Gasteiger partial charge in [0.1, 0.15) is 11.9 Å². The van der Waals surface area contributed by atoms with E-state index in [2.05, 4.69) is 35.6 Å². The van der Waals surface area contributed by atoms with Gasteiger partial charge in [-0.3, -0.25) is 14.7 Å². The zero-order valence-corrected chi connectivity index (χ0v) is 13.4. The zero-order valence-electron chi connectivity index (χ0n) is 13.4. The van der Waals surface area contributed by atoms with Gasteiger partial charge in [0.05, 0.1) is 6.20 Å². The minimum Gasteiger partial charge on any atom is -0.480 e. The predicted molar refractivity (Wildman–Crippen MR) is 85.8 cm³/mol. The standard InChI is InChI=1S/C16H24N4O2/c1-16(2,3)5-4-13(15(21)22)19-8-10-20(11-9-19)14-12-17-6-7-18-14/h4-7,12-13H,8-11H2,1-3H3,(H,21,22)/b5-4+/t13-/m0/s1. The summed E-state index contributed by atoms with van der Waals surface area (Å²) in [6.45, 7) is 9.10. The molecule has 1 atom stereocenters. The third kappa shape index (κ3) is 4.53. The van der Waals surface area contributed by atoms with E-state index in [4.69, 9.17) is 0 Å². The number of anilines is 1. The molecule has 0 unspecified atom stereocenters. The van der Waals surface area contributed by atoms with Gasteiger partial charge in [0, 0.05) is 38.6 Å². The van der Waals surface area contributed by atoms with Crippen molar-refractivity contribution in [1.29, 1.82) is 0 Å². The maximum absolute atomic E-state index is 11.5. The molecule has 0 aliphatic carbocycles. The lowest BCUT2D eigenvalue weighted by atomic mass is 9.95. The quantitative estimate of drug-likeness (QED) is 0.853. The molecule has 0 saturated carbocycles. The van der Waals surface area contributed by atoms with Crippen LogP contribution in [0.2, 0.25) is 0 Å². The average molecular weight is 304 g/mol. The summed E-state index contributed by atoms with van der Waals surface area (Å²) < 4.78 is 0. The van der Waals surface area contributed by atoms with Gasteiger partial charge in [-0.25, -0.2) is 4.98 Å². The van der Waals surface area contributed by atoms with E-state index in [0.29, 0.717) is 13.1 Å². The van der Waals surface area contributed by atoms with Gasteiger partial charge in [0.25, 0.3) is 0 Å². The lowest BCUT2D eigenvalue weighted by molar-refractivity contribution is -0.141. The Labute approximate surface area is 131 Å². The first-order valence-corrected chi connectivity index (χ1v) is 7.54. The SMILES string of the molecule is CC(C)(C)/C=C/[C@@H](C(=O)O)N1CCN(c2cnccn2)CC1. The van der Waals surface area contributed by atoms with Gasteiger partial charge in [0.15, 0.2) is 0 Å². The topological polar surface area (TPSA) is 69.6 Å². The van der Waals surface area contributed by atoms with Gasteiger partial charge in [0.2, 0.25) is 0 Å². The highest BCUT2D eigenvalue weighted by atomic mass is 16.4. The molecule has 0 bridgehead atoms. The van der Waals surface area contributed by atoms with Crippen molar-refractivity contribution in [2.75, 3.05) is 31.1 Å². The maximum atomic E-state index is 11.5.